The fourth-order valence-electron chi connectivity index (χ4n) is 4.67. The Morgan fingerprint density at radius 2 is 1.95 bits per heavy atom. The summed E-state index contributed by atoms with van der Waals surface area (Å²) in [5.74, 6) is -0.219. The fraction of sp³-hybridized carbons (Fsp3) is 0.269. The Hall–Kier alpha value is -4.38. The van der Waals surface area contributed by atoms with Gasteiger partial charge in [-0.15, -0.1) is 0 Å². The maximum atomic E-state index is 16.0. The number of hydrogen-bond acceptors (Lipinski definition) is 7. The number of amides is 1. The molecule has 6 rings (SSSR count). The third-order valence-electron chi connectivity index (χ3n) is 6.72. The Kier molecular flexibility index (Phi) is 5.76. The van der Waals surface area contributed by atoms with Crippen LogP contribution in [0.25, 0.3) is 44.7 Å². The summed E-state index contributed by atoms with van der Waals surface area (Å²) in [5, 5.41) is 10.3. The van der Waals surface area contributed by atoms with E-state index in [1.807, 2.05) is 12.1 Å². The molecule has 1 saturated heterocycles. The number of carbonyl (C=O) groups is 1. The molecule has 0 radical (unpaired) electrons. The van der Waals surface area contributed by atoms with E-state index in [4.69, 9.17) is 4.98 Å². The molecule has 11 heteroatoms. The molecule has 10 nitrogen and oxygen atoms in total. The number of H-pyrrole nitrogens is 2. The van der Waals surface area contributed by atoms with Crippen molar-refractivity contribution in [2.24, 2.45) is 0 Å². The van der Waals surface area contributed by atoms with Gasteiger partial charge >= 0.3 is 0 Å². The molecule has 3 N–H and O–H groups in total. The summed E-state index contributed by atoms with van der Waals surface area (Å²) < 4.78 is 16.0. The fourth-order valence-corrected chi connectivity index (χ4v) is 4.67. The molecule has 0 aliphatic carbocycles. The van der Waals surface area contributed by atoms with Crippen LogP contribution in [0.1, 0.15) is 13.3 Å². The van der Waals surface area contributed by atoms with Crippen LogP contribution in [0.15, 0.2) is 42.9 Å². The molecule has 188 valence electrons. The molecular weight excluding hydrogens is 473 g/mol. The van der Waals surface area contributed by atoms with Gasteiger partial charge in [0.05, 0.1) is 40.2 Å². The number of hydrogen-bond donors (Lipinski definition) is 3. The SMILES string of the molecule is CCC(=O)Nc1cncc(-c2ncc3[nH]nc(-c4nc5c(N6CCN(C)CC6)cccc5[nH]4)c3c2F)c1. The van der Waals surface area contributed by atoms with E-state index in [-0.39, 0.29) is 17.0 Å². The van der Waals surface area contributed by atoms with E-state index in [1.54, 1.807) is 19.2 Å². The zero-order valence-corrected chi connectivity index (χ0v) is 20.5. The molecule has 5 aromatic rings. The van der Waals surface area contributed by atoms with Gasteiger partial charge in [0.1, 0.15) is 16.9 Å². The van der Waals surface area contributed by atoms with Gasteiger partial charge < -0.3 is 20.1 Å². The Morgan fingerprint density at radius 3 is 2.76 bits per heavy atom. The molecule has 0 spiro atoms. The summed E-state index contributed by atoms with van der Waals surface area (Å²) >= 11 is 0. The predicted octanol–water partition coefficient (Wildman–Crippen LogP) is 3.80. The van der Waals surface area contributed by atoms with E-state index in [2.05, 4.69) is 53.4 Å². The Balaban J connectivity index is 1.42. The van der Waals surface area contributed by atoms with Crippen molar-refractivity contribution in [3.8, 4) is 22.8 Å². The van der Waals surface area contributed by atoms with E-state index >= 15 is 4.39 Å². The van der Waals surface area contributed by atoms with Crippen LogP contribution in [0.4, 0.5) is 15.8 Å². The van der Waals surface area contributed by atoms with E-state index in [0.717, 1.165) is 42.9 Å². The molecule has 0 atom stereocenters. The number of para-hydroxylation sites is 1. The summed E-state index contributed by atoms with van der Waals surface area (Å²) in [7, 11) is 2.12. The molecule has 4 aromatic heterocycles. The molecule has 0 unspecified atom stereocenters. The van der Waals surface area contributed by atoms with Crippen molar-refractivity contribution in [2.75, 3.05) is 43.4 Å². The van der Waals surface area contributed by atoms with Crippen LogP contribution in [0.2, 0.25) is 0 Å². The largest absolute Gasteiger partial charge is 0.367 e. The number of anilines is 2. The molecule has 1 fully saturated rings. The minimum absolute atomic E-state index is 0.115. The van der Waals surface area contributed by atoms with Gasteiger partial charge in [0.2, 0.25) is 5.91 Å². The second-order valence-electron chi connectivity index (χ2n) is 9.19. The van der Waals surface area contributed by atoms with Gasteiger partial charge in [-0.2, -0.15) is 5.10 Å². The zero-order valence-electron chi connectivity index (χ0n) is 20.5. The van der Waals surface area contributed by atoms with Gasteiger partial charge in [-0.3, -0.25) is 19.9 Å². The minimum Gasteiger partial charge on any atom is -0.367 e. The standard InChI is InChI=1S/C26H26FN9O/c1-3-20(37)30-16-11-15(12-28-13-16)23-22(27)21-18(14-29-23)33-34-25(21)26-31-17-5-4-6-19(24(17)32-26)36-9-7-35(2)8-10-36/h4-6,11-14H,3,7-10H2,1-2H3,(H,30,37)(H,31,32)(H,33,34). The minimum atomic E-state index is -0.540. The second-order valence-corrected chi connectivity index (χ2v) is 9.19. The van der Waals surface area contributed by atoms with E-state index in [1.165, 1.54) is 12.4 Å². The number of likely N-dealkylation sites (N-methyl/N-ethyl adjacent to an activating group) is 1. The zero-order chi connectivity index (χ0) is 25.5. The van der Waals surface area contributed by atoms with Crippen molar-refractivity contribution in [3.63, 3.8) is 0 Å². The van der Waals surface area contributed by atoms with Crippen LogP contribution >= 0.6 is 0 Å². The number of fused-ring (bicyclic) bond motifs is 2. The lowest BCUT2D eigenvalue weighted by Gasteiger charge is -2.34. The van der Waals surface area contributed by atoms with Crippen LogP contribution in [-0.4, -0.2) is 74.2 Å². The van der Waals surface area contributed by atoms with E-state index in [9.17, 15) is 4.79 Å². The first kappa shape index (κ1) is 23.0. The number of rotatable bonds is 5. The molecule has 37 heavy (non-hydrogen) atoms. The van der Waals surface area contributed by atoms with E-state index < -0.39 is 5.82 Å². The number of piperazine rings is 1. The quantitative estimate of drug-likeness (QED) is 0.337. The number of aromatic amines is 2. The van der Waals surface area contributed by atoms with Crippen molar-refractivity contribution >= 4 is 39.2 Å². The van der Waals surface area contributed by atoms with Gasteiger partial charge in [-0.1, -0.05) is 13.0 Å². The van der Waals surface area contributed by atoms with Crippen LogP contribution in [0, 0.1) is 5.82 Å². The number of imidazole rings is 1. The number of benzene rings is 1. The van der Waals surface area contributed by atoms with Gasteiger partial charge in [0.25, 0.3) is 0 Å². The van der Waals surface area contributed by atoms with Gasteiger partial charge in [-0.05, 0) is 25.2 Å². The summed E-state index contributed by atoms with van der Waals surface area (Å²) in [6.07, 6.45) is 4.90. The lowest BCUT2D eigenvalue weighted by Crippen LogP contribution is -2.44. The average Bonchev–Trinajstić information content (AvgIpc) is 3.54. The molecule has 0 saturated carbocycles. The number of aromatic nitrogens is 6. The molecule has 0 bridgehead atoms. The average molecular weight is 500 g/mol. The van der Waals surface area contributed by atoms with Crippen LogP contribution in [0.3, 0.4) is 0 Å². The topological polar surface area (TPSA) is 119 Å². The molecule has 1 aliphatic rings. The number of pyridine rings is 2. The van der Waals surface area contributed by atoms with Gasteiger partial charge in [0.15, 0.2) is 11.6 Å². The summed E-state index contributed by atoms with van der Waals surface area (Å²) in [6.45, 7) is 5.55. The van der Waals surface area contributed by atoms with Crippen molar-refractivity contribution in [3.05, 3.63) is 48.7 Å². The molecular formula is C26H26FN9O. The maximum absolute atomic E-state index is 16.0. The first-order valence-corrected chi connectivity index (χ1v) is 12.2. The number of halogens is 1. The van der Waals surface area contributed by atoms with Crippen molar-refractivity contribution in [1.82, 2.24) is 35.0 Å². The lowest BCUT2D eigenvalue weighted by atomic mass is 10.1. The number of nitrogens with one attached hydrogen (secondary N) is 3. The number of nitrogens with zero attached hydrogens (tertiary/aromatic N) is 6. The molecule has 5 heterocycles. The maximum Gasteiger partial charge on any atom is 0.224 e. The first-order valence-electron chi connectivity index (χ1n) is 12.2. The summed E-state index contributed by atoms with van der Waals surface area (Å²) in [5.41, 5.74) is 4.61. The first-order chi connectivity index (χ1) is 18.0. The normalized spacial score (nSPS) is 14.5. The van der Waals surface area contributed by atoms with Crippen LogP contribution in [0.5, 0.6) is 0 Å². The Bertz CT molecular complexity index is 1620. The second kappa shape index (κ2) is 9.25. The highest BCUT2D eigenvalue weighted by atomic mass is 19.1. The highest BCUT2D eigenvalue weighted by Crippen LogP contribution is 2.34. The highest BCUT2D eigenvalue weighted by molar-refractivity contribution is 5.97. The molecule has 1 aromatic carbocycles. The molecule has 1 aliphatic heterocycles. The van der Waals surface area contributed by atoms with E-state index in [0.29, 0.717) is 34.7 Å². The monoisotopic (exact) mass is 499 g/mol. The van der Waals surface area contributed by atoms with Crippen LogP contribution < -0.4 is 10.2 Å². The van der Waals surface area contributed by atoms with Crippen molar-refractivity contribution < 1.29 is 9.18 Å². The number of carbonyl (C=O) groups excluding carboxylic acids is 1. The van der Waals surface area contributed by atoms with Crippen molar-refractivity contribution in [1.29, 1.82) is 0 Å². The smallest absolute Gasteiger partial charge is 0.224 e. The van der Waals surface area contributed by atoms with Gasteiger partial charge in [0, 0.05) is 44.4 Å². The van der Waals surface area contributed by atoms with Crippen LogP contribution in [-0.2, 0) is 4.79 Å². The predicted molar refractivity (Wildman–Crippen MR) is 141 cm³/mol. The van der Waals surface area contributed by atoms with Gasteiger partial charge in [-0.25, -0.2) is 9.37 Å². The Labute approximate surface area is 211 Å². The highest BCUT2D eigenvalue weighted by Gasteiger charge is 2.23. The summed E-state index contributed by atoms with van der Waals surface area (Å²) in [4.78, 5) is 33.1. The Morgan fingerprint density at radius 1 is 1.11 bits per heavy atom. The van der Waals surface area contributed by atoms with Crippen molar-refractivity contribution in [2.45, 2.75) is 13.3 Å². The third-order valence-corrected chi connectivity index (χ3v) is 6.72. The third kappa shape index (κ3) is 4.16. The molecule has 1 amide bonds. The summed E-state index contributed by atoms with van der Waals surface area (Å²) in [6, 6.07) is 7.69. The lowest BCUT2D eigenvalue weighted by molar-refractivity contribution is -0.115.